The van der Waals surface area contributed by atoms with Crippen molar-refractivity contribution in [3.8, 4) is 0 Å². The average molecular weight is 633 g/mol. The van der Waals surface area contributed by atoms with E-state index in [0.29, 0.717) is 0 Å². The maximum Gasteiger partial charge on any atom is -0.0105 e. The lowest BCUT2D eigenvalue weighted by molar-refractivity contribution is 1.55. The maximum absolute atomic E-state index is 5.03. The summed E-state index contributed by atoms with van der Waals surface area (Å²) in [5.41, 5.74) is 9.54. The fourth-order valence-electron chi connectivity index (χ4n) is 6.25. The fraction of sp³-hybridized carbons (Fsp3) is 0. The van der Waals surface area contributed by atoms with E-state index in [1.807, 2.05) is 0 Å². The summed E-state index contributed by atoms with van der Waals surface area (Å²) in [5, 5.41) is 3.77. The zero-order valence-electron chi connectivity index (χ0n) is 26.9. The van der Waals surface area contributed by atoms with Gasteiger partial charge in [-0.2, -0.15) is 0 Å². The topological polar surface area (TPSA) is 0 Å². The SMILES string of the molecule is C=P(c1ccccc1)(c1ccc(C=C(c2ccccc2)c2ccccc2)cc1)c1ccc(C=C(c2ccccc2)c2ccccc2)cc1. The minimum atomic E-state index is -2.16. The van der Waals surface area contributed by atoms with Crippen LogP contribution in [0.1, 0.15) is 33.4 Å². The molecule has 0 nitrogen and oxygen atoms in total. The highest BCUT2D eigenvalue weighted by Gasteiger charge is 2.22. The van der Waals surface area contributed by atoms with Crippen molar-refractivity contribution in [3.63, 3.8) is 0 Å². The Labute approximate surface area is 285 Å². The lowest BCUT2D eigenvalue weighted by Crippen LogP contribution is -2.25. The van der Waals surface area contributed by atoms with Gasteiger partial charge >= 0.3 is 0 Å². The van der Waals surface area contributed by atoms with Gasteiger partial charge in [-0.1, -0.05) is 206 Å². The van der Waals surface area contributed by atoms with Gasteiger partial charge in [-0.15, -0.1) is 0 Å². The molecule has 0 saturated carbocycles. The van der Waals surface area contributed by atoms with Crippen molar-refractivity contribution in [2.45, 2.75) is 0 Å². The Hall–Kier alpha value is -5.68. The molecule has 7 aromatic carbocycles. The van der Waals surface area contributed by atoms with Crippen LogP contribution < -0.4 is 15.9 Å². The Morgan fingerprint density at radius 2 is 0.562 bits per heavy atom. The third kappa shape index (κ3) is 6.72. The second kappa shape index (κ2) is 14.4. The van der Waals surface area contributed by atoms with Gasteiger partial charge in [0.05, 0.1) is 0 Å². The van der Waals surface area contributed by atoms with E-state index >= 15 is 0 Å². The van der Waals surface area contributed by atoms with Gasteiger partial charge in [-0.05, 0) is 79.5 Å². The van der Waals surface area contributed by atoms with Crippen LogP contribution >= 0.6 is 6.89 Å². The van der Waals surface area contributed by atoms with Gasteiger partial charge in [-0.25, -0.2) is 0 Å². The second-order valence-corrected chi connectivity index (χ2v) is 15.1. The molecular formula is C47H37P. The molecule has 0 aliphatic rings. The van der Waals surface area contributed by atoms with E-state index < -0.39 is 6.89 Å². The van der Waals surface area contributed by atoms with Gasteiger partial charge in [0.1, 0.15) is 0 Å². The zero-order chi connectivity index (χ0) is 32.6. The molecule has 0 aliphatic carbocycles. The van der Waals surface area contributed by atoms with Crippen molar-refractivity contribution in [1.29, 1.82) is 0 Å². The van der Waals surface area contributed by atoms with Crippen LogP contribution in [0, 0.1) is 0 Å². The Kier molecular flexibility index (Phi) is 9.28. The maximum atomic E-state index is 5.03. The van der Waals surface area contributed by atoms with Gasteiger partial charge in [0.15, 0.2) is 0 Å². The van der Waals surface area contributed by atoms with Crippen molar-refractivity contribution < 1.29 is 0 Å². The molecule has 230 valence electrons. The van der Waals surface area contributed by atoms with Crippen molar-refractivity contribution in [2.75, 3.05) is 0 Å². The summed E-state index contributed by atoms with van der Waals surface area (Å²) < 4.78 is 0. The first-order valence-electron chi connectivity index (χ1n) is 16.3. The molecule has 0 heterocycles. The lowest BCUT2D eigenvalue weighted by Gasteiger charge is -2.27. The quantitative estimate of drug-likeness (QED) is 0.110. The van der Waals surface area contributed by atoms with Gasteiger partial charge in [0.2, 0.25) is 0 Å². The van der Waals surface area contributed by atoms with Crippen molar-refractivity contribution in [1.82, 2.24) is 0 Å². The fourth-order valence-corrected chi connectivity index (χ4v) is 9.14. The van der Waals surface area contributed by atoms with Gasteiger partial charge < -0.3 is 0 Å². The zero-order valence-corrected chi connectivity index (χ0v) is 27.8. The summed E-state index contributed by atoms with van der Waals surface area (Å²) in [4.78, 5) is 0. The van der Waals surface area contributed by atoms with Crippen LogP contribution in [0.4, 0.5) is 0 Å². The molecule has 0 N–H and O–H groups in total. The summed E-state index contributed by atoms with van der Waals surface area (Å²) in [6.07, 6.45) is 9.61. The predicted octanol–water partition coefficient (Wildman–Crippen LogP) is 10.6. The molecule has 0 aliphatic heterocycles. The van der Waals surface area contributed by atoms with Crippen LogP contribution in [0.15, 0.2) is 200 Å². The molecule has 7 aromatic rings. The number of hydrogen-bond donors (Lipinski definition) is 0. The van der Waals surface area contributed by atoms with E-state index in [4.69, 9.17) is 6.30 Å². The van der Waals surface area contributed by atoms with Gasteiger partial charge in [0, 0.05) is 0 Å². The Balaban J connectivity index is 1.27. The molecule has 0 atom stereocenters. The van der Waals surface area contributed by atoms with E-state index in [9.17, 15) is 0 Å². The third-order valence-electron chi connectivity index (χ3n) is 8.83. The molecule has 0 unspecified atom stereocenters. The first-order valence-corrected chi connectivity index (χ1v) is 18.3. The number of rotatable bonds is 9. The Bertz CT molecular complexity index is 1960. The highest BCUT2D eigenvalue weighted by molar-refractivity contribution is 7.93. The standard InChI is InChI=1S/C47H37P/c1-48(43-25-15-6-16-26-43,44-31-27-37(28-32-44)35-46(39-17-7-2-8-18-39)40-19-9-3-10-20-40)45-33-29-38(30-34-45)36-47(41-21-11-4-12-22-41)42-23-13-5-14-24-42/h2-36H,1H2. The van der Waals surface area contributed by atoms with Crippen LogP contribution in [0.25, 0.3) is 23.3 Å². The monoisotopic (exact) mass is 632 g/mol. The molecule has 0 bridgehead atoms. The van der Waals surface area contributed by atoms with E-state index in [2.05, 4.69) is 212 Å². The molecule has 0 radical (unpaired) electrons. The first-order chi connectivity index (χ1) is 23.7. The second-order valence-electron chi connectivity index (χ2n) is 11.9. The van der Waals surface area contributed by atoms with Gasteiger partial charge in [-0.3, -0.25) is 0 Å². The lowest BCUT2D eigenvalue weighted by atomic mass is 9.96. The summed E-state index contributed by atoms with van der Waals surface area (Å²) in [5.74, 6) is 0. The van der Waals surface area contributed by atoms with Crippen LogP contribution in [0.2, 0.25) is 0 Å². The molecular weight excluding hydrogens is 595 g/mol. The molecule has 7 rings (SSSR count). The predicted molar refractivity (Wildman–Crippen MR) is 212 cm³/mol. The van der Waals surface area contributed by atoms with Crippen LogP contribution in [-0.4, -0.2) is 6.30 Å². The van der Waals surface area contributed by atoms with E-state index in [-0.39, 0.29) is 0 Å². The smallest absolute Gasteiger partial charge is 0.0105 e. The average Bonchev–Trinajstić information content (AvgIpc) is 3.18. The largest absolute Gasteiger partial charge is 0.0887 e. The van der Waals surface area contributed by atoms with Crippen LogP contribution in [0.5, 0.6) is 0 Å². The van der Waals surface area contributed by atoms with E-state index in [0.717, 1.165) is 11.1 Å². The van der Waals surface area contributed by atoms with E-state index in [1.165, 1.54) is 49.3 Å². The molecule has 48 heavy (non-hydrogen) atoms. The Morgan fingerprint density at radius 3 is 0.854 bits per heavy atom. The molecule has 0 spiro atoms. The molecule has 0 aromatic heterocycles. The summed E-state index contributed by atoms with van der Waals surface area (Å²) in [6.45, 7) is -2.16. The molecule has 1 heteroatoms. The normalized spacial score (nSPS) is 11.0. The highest BCUT2D eigenvalue weighted by Crippen LogP contribution is 2.42. The molecule has 0 amide bonds. The molecule has 0 saturated heterocycles. The minimum absolute atomic E-state index is 1.16. The summed E-state index contributed by atoms with van der Waals surface area (Å²) in [7, 11) is 0. The molecule has 0 fully saturated rings. The van der Waals surface area contributed by atoms with Crippen molar-refractivity contribution in [2.24, 2.45) is 0 Å². The highest BCUT2D eigenvalue weighted by atomic mass is 31.2. The van der Waals surface area contributed by atoms with Crippen molar-refractivity contribution >= 4 is 52.4 Å². The summed E-state index contributed by atoms with van der Waals surface area (Å²) in [6, 6.07) is 71.4. The first kappa shape index (κ1) is 30.9. The van der Waals surface area contributed by atoms with Crippen LogP contribution in [0.3, 0.4) is 0 Å². The Morgan fingerprint density at radius 1 is 0.312 bits per heavy atom. The number of benzene rings is 7. The third-order valence-corrected chi connectivity index (χ3v) is 12.4. The van der Waals surface area contributed by atoms with Crippen molar-refractivity contribution in [3.05, 3.63) is 234 Å². The van der Waals surface area contributed by atoms with Gasteiger partial charge in [0.25, 0.3) is 0 Å². The van der Waals surface area contributed by atoms with E-state index in [1.54, 1.807) is 0 Å². The summed E-state index contributed by atoms with van der Waals surface area (Å²) >= 11 is 0. The van der Waals surface area contributed by atoms with Crippen LogP contribution in [-0.2, 0) is 0 Å². The minimum Gasteiger partial charge on any atom is -0.0887 e. The number of hydrogen-bond acceptors (Lipinski definition) is 0.